The second-order valence-corrected chi connectivity index (χ2v) is 13.9. The van der Waals surface area contributed by atoms with Crippen molar-refractivity contribution >= 4 is 29.5 Å². The summed E-state index contributed by atoms with van der Waals surface area (Å²) in [7, 11) is 0. The highest BCUT2D eigenvalue weighted by atomic mass is 35.5. The number of fused-ring (bicyclic) bond motifs is 1. The molecule has 1 aliphatic heterocycles. The molecule has 1 saturated heterocycles. The van der Waals surface area contributed by atoms with Crippen LogP contribution in [0.1, 0.15) is 109 Å². The lowest BCUT2D eigenvalue weighted by molar-refractivity contribution is -0.306. The standard InChI is InChI=1S/C39H40ClF3N2O5/c1-24-18-31(50-39(41,42)43)21-33-34(46)22-35(49-37(24)33)38(48)44-30(20-26-11-15-29(40)16-12-26)19-25-9-13-27(14-10-25)32-7-3-2-6-28(32)23-45-17-5-4-8-36(45)47/h2-3,6-7,11-12,15-16,19,21-22,24,27,30H,4-5,8-10,13-14,17-18,20,23H2,1H3,(H,44,48). The Balaban J connectivity index is 1.18. The van der Waals surface area contributed by atoms with Gasteiger partial charge in [0.2, 0.25) is 5.91 Å². The predicted octanol–water partition coefficient (Wildman–Crippen LogP) is 8.82. The first-order valence-corrected chi connectivity index (χ1v) is 17.5. The molecule has 2 amide bonds. The molecule has 0 radical (unpaired) electrons. The van der Waals surface area contributed by atoms with Crippen LogP contribution in [-0.4, -0.2) is 35.7 Å². The van der Waals surface area contributed by atoms with Gasteiger partial charge in [0, 0.05) is 42.9 Å². The van der Waals surface area contributed by atoms with E-state index in [0.29, 0.717) is 30.3 Å². The molecule has 3 aliphatic rings. The SMILES string of the molecule is CC1CC(OC(F)(F)F)=Cc2c1oc(C(=O)NC(C=C1CCC(c3ccccc3CN3CCCCC3=O)CC1)Cc1ccc(Cl)cc1)cc2=O. The number of carbonyl (C=O) groups is 2. The van der Waals surface area contributed by atoms with Crippen LogP contribution in [0.3, 0.4) is 0 Å². The maximum absolute atomic E-state index is 13.6. The zero-order valence-electron chi connectivity index (χ0n) is 27.9. The smallest absolute Gasteiger partial charge is 0.455 e. The van der Waals surface area contributed by atoms with Crippen molar-refractivity contribution in [3.8, 4) is 0 Å². The van der Waals surface area contributed by atoms with Crippen LogP contribution in [0.15, 0.2) is 81.2 Å². The zero-order valence-corrected chi connectivity index (χ0v) is 28.6. The topological polar surface area (TPSA) is 88.8 Å². The molecular formula is C39H40ClF3N2O5. The summed E-state index contributed by atoms with van der Waals surface area (Å²) < 4.78 is 48.5. The number of allylic oxidation sites excluding steroid dienone is 2. The van der Waals surface area contributed by atoms with Gasteiger partial charge in [0.15, 0.2) is 11.2 Å². The molecule has 6 rings (SSSR count). The van der Waals surface area contributed by atoms with Gasteiger partial charge in [-0.2, -0.15) is 0 Å². The van der Waals surface area contributed by atoms with Crippen molar-refractivity contribution in [2.75, 3.05) is 6.54 Å². The second-order valence-electron chi connectivity index (χ2n) is 13.5. The Morgan fingerprint density at radius 3 is 2.54 bits per heavy atom. The van der Waals surface area contributed by atoms with E-state index < -0.39 is 29.7 Å². The highest BCUT2D eigenvalue weighted by Gasteiger charge is 2.35. The number of ether oxygens (including phenoxy) is 1. The summed E-state index contributed by atoms with van der Waals surface area (Å²) in [6, 6.07) is 16.4. The summed E-state index contributed by atoms with van der Waals surface area (Å²) in [5, 5.41) is 3.62. The number of carbonyl (C=O) groups excluding carboxylic acids is 2. The molecule has 11 heteroatoms. The number of rotatable bonds is 9. The van der Waals surface area contributed by atoms with Crippen LogP contribution in [0, 0.1) is 0 Å². The van der Waals surface area contributed by atoms with E-state index in [-0.39, 0.29) is 35.2 Å². The van der Waals surface area contributed by atoms with E-state index in [4.69, 9.17) is 16.0 Å². The van der Waals surface area contributed by atoms with Crippen molar-refractivity contribution in [1.82, 2.24) is 10.2 Å². The van der Waals surface area contributed by atoms with Crippen molar-refractivity contribution in [1.29, 1.82) is 0 Å². The van der Waals surface area contributed by atoms with Gasteiger partial charge in [0.05, 0.1) is 11.6 Å². The van der Waals surface area contributed by atoms with Gasteiger partial charge in [-0.05, 0) is 85.8 Å². The first kappa shape index (κ1) is 35.5. The molecule has 0 spiro atoms. The molecule has 3 aromatic rings. The van der Waals surface area contributed by atoms with Gasteiger partial charge >= 0.3 is 6.36 Å². The fourth-order valence-electron chi connectivity index (χ4n) is 7.30. The van der Waals surface area contributed by atoms with Crippen molar-refractivity contribution in [2.24, 2.45) is 0 Å². The molecule has 7 nitrogen and oxygen atoms in total. The van der Waals surface area contributed by atoms with E-state index in [1.807, 2.05) is 23.1 Å². The number of nitrogens with one attached hydrogen (secondary N) is 1. The third kappa shape index (κ3) is 8.88. The van der Waals surface area contributed by atoms with Crippen LogP contribution >= 0.6 is 11.6 Å². The molecule has 1 saturated carbocycles. The molecule has 2 heterocycles. The third-order valence-electron chi connectivity index (χ3n) is 9.77. The lowest BCUT2D eigenvalue weighted by Gasteiger charge is -2.31. The van der Waals surface area contributed by atoms with Crippen molar-refractivity contribution in [3.63, 3.8) is 0 Å². The molecule has 1 aromatic heterocycles. The zero-order chi connectivity index (χ0) is 35.4. The normalized spacial score (nSPS) is 20.1. The van der Waals surface area contributed by atoms with E-state index in [1.54, 1.807) is 19.1 Å². The maximum Gasteiger partial charge on any atom is 0.572 e. The van der Waals surface area contributed by atoms with Gasteiger partial charge in [0.25, 0.3) is 5.91 Å². The molecule has 2 atom stereocenters. The number of hydrogen-bond acceptors (Lipinski definition) is 5. The van der Waals surface area contributed by atoms with Gasteiger partial charge in [-0.3, -0.25) is 14.4 Å². The third-order valence-corrected chi connectivity index (χ3v) is 10.0. The summed E-state index contributed by atoms with van der Waals surface area (Å²) in [5.41, 5.74) is 3.98. The van der Waals surface area contributed by atoms with Gasteiger partial charge in [-0.25, -0.2) is 0 Å². The fraction of sp³-hybridized carbons (Fsp3) is 0.410. The second kappa shape index (κ2) is 15.3. The summed E-state index contributed by atoms with van der Waals surface area (Å²) in [6.07, 6.45) is 4.74. The van der Waals surface area contributed by atoms with Crippen LogP contribution in [0.4, 0.5) is 13.2 Å². The number of piperidine rings is 1. The molecular weight excluding hydrogens is 669 g/mol. The van der Waals surface area contributed by atoms with Crippen LogP contribution in [0.2, 0.25) is 5.02 Å². The number of alkyl halides is 3. The fourth-order valence-corrected chi connectivity index (χ4v) is 7.43. The first-order chi connectivity index (χ1) is 23.9. The Labute approximate surface area is 294 Å². The minimum Gasteiger partial charge on any atom is -0.455 e. The van der Waals surface area contributed by atoms with E-state index in [1.165, 1.54) is 16.7 Å². The number of likely N-dealkylation sites (tertiary alicyclic amines) is 1. The quantitative estimate of drug-likeness (QED) is 0.225. The monoisotopic (exact) mass is 708 g/mol. The van der Waals surface area contributed by atoms with E-state index in [0.717, 1.165) is 62.8 Å². The average molecular weight is 709 g/mol. The molecule has 2 aliphatic carbocycles. The minimum absolute atomic E-state index is 0.0553. The summed E-state index contributed by atoms with van der Waals surface area (Å²) in [5.74, 6) is -1.07. The number of halogens is 4. The average Bonchev–Trinajstić information content (AvgIpc) is 3.07. The van der Waals surface area contributed by atoms with Gasteiger partial charge in [-0.1, -0.05) is 66.6 Å². The highest BCUT2D eigenvalue weighted by Crippen LogP contribution is 2.38. The van der Waals surface area contributed by atoms with Crippen molar-refractivity contribution < 1.29 is 31.9 Å². The first-order valence-electron chi connectivity index (χ1n) is 17.2. The molecule has 50 heavy (non-hydrogen) atoms. The molecule has 2 unspecified atom stereocenters. The largest absolute Gasteiger partial charge is 0.572 e. The maximum atomic E-state index is 13.6. The van der Waals surface area contributed by atoms with E-state index >= 15 is 0 Å². The highest BCUT2D eigenvalue weighted by molar-refractivity contribution is 6.30. The van der Waals surface area contributed by atoms with Gasteiger partial charge < -0.3 is 19.4 Å². The molecule has 2 fully saturated rings. The molecule has 1 N–H and O–H groups in total. The van der Waals surface area contributed by atoms with Crippen LogP contribution in [0.5, 0.6) is 0 Å². The molecule has 0 bridgehead atoms. The Kier molecular flexibility index (Phi) is 10.9. The van der Waals surface area contributed by atoms with Crippen molar-refractivity contribution in [2.45, 2.75) is 95.5 Å². The molecule has 2 aromatic carbocycles. The summed E-state index contributed by atoms with van der Waals surface area (Å²) >= 11 is 6.12. The molecule has 264 valence electrons. The Bertz CT molecular complexity index is 1840. The Morgan fingerprint density at radius 2 is 1.82 bits per heavy atom. The predicted molar refractivity (Wildman–Crippen MR) is 185 cm³/mol. The Morgan fingerprint density at radius 1 is 1.08 bits per heavy atom. The summed E-state index contributed by atoms with van der Waals surface area (Å²) in [4.78, 5) is 41.1. The van der Waals surface area contributed by atoms with E-state index in [9.17, 15) is 27.6 Å². The number of hydrogen-bond donors (Lipinski definition) is 1. The van der Waals surface area contributed by atoms with Crippen molar-refractivity contribution in [3.05, 3.63) is 121 Å². The van der Waals surface area contributed by atoms with Gasteiger partial charge in [0.1, 0.15) is 11.5 Å². The summed E-state index contributed by atoms with van der Waals surface area (Å²) in [6.45, 7) is 3.06. The number of benzene rings is 2. The number of amides is 2. The lowest BCUT2D eigenvalue weighted by atomic mass is 9.79. The minimum atomic E-state index is -4.88. The Hall–Kier alpha value is -4.31. The van der Waals surface area contributed by atoms with E-state index in [2.05, 4.69) is 34.3 Å². The van der Waals surface area contributed by atoms with Crippen LogP contribution < -0.4 is 10.7 Å². The lowest BCUT2D eigenvalue weighted by Crippen LogP contribution is -2.36. The van der Waals surface area contributed by atoms with Gasteiger partial charge in [-0.15, -0.1) is 13.2 Å². The van der Waals surface area contributed by atoms with Crippen LogP contribution in [0.25, 0.3) is 6.08 Å². The number of nitrogens with zero attached hydrogens (tertiary/aromatic N) is 1. The van der Waals surface area contributed by atoms with Crippen LogP contribution in [-0.2, 0) is 22.5 Å².